The quantitative estimate of drug-likeness (QED) is 0.376. The molecule has 8 nitrogen and oxygen atoms in total. The molecule has 8 heteroatoms. The minimum absolute atomic E-state index is 0.0743. The standard InChI is InChI=1S/C13H17NO4.C8H15NO2/c15-12(16)8-9-14-11(13(17)18)7-6-10-4-2-1-3-5-10;10-8(11)6-9-7-4-2-1-3-5-7/h1-5,11,14H,6-9H2,(H,15,16)(H,17,18);7,9H,1-6H2,(H,10,11)/t11-;/m1./s1. The minimum atomic E-state index is -0.948. The molecule has 0 aromatic heterocycles. The molecule has 1 aliphatic carbocycles. The van der Waals surface area contributed by atoms with Gasteiger partial charge < -0.3 is 26.0 Å². The first-order valence-electron chi connectivity index (χ1n) is 10.1. The number of aliphatic carboxylic acids is 3. The van der Waals surface area contributed by atoms with Crippen molar-refractivity contribution in [1.82, 2.24) is 10.6 Å². The van der Waals surface area contributed by atoms with E-state index in [4.69, 9.17) is 15.3 Å². The number of carboxylic acids is 3. The van der Waals surface area contributed by atoms with Crippen molar-refractivity contribution in [3.05, 3.63) is 35.9 Å². The first-order valence-corrected chi connectivity index (χ1v) is 10.1. The molecule has 5 N–H and O–H groups in total. The van der Waals surface area contributed by atoms with E-state index < -0.39 is 23.9 Å². The van der Waals surface area contributed by atoms with Gasteiger partial charge in [0.1, 0.15) is 6.04 Å². The van der Waals surface area contributed by atoms with E-state index in [-0.39, 0.29) is 19.5 Å². The molecule has 0 amide bonds. The van der Waals surface area contributed by atoms with E-state index in [0.29, 0.717) is 18.9 Å². The fraction of sp³-hybridized carbons (Fsp3) is 0.571. The summed E-state index contributed by atoms with van der Waals surface area (Å²) in [6.07, 6.45) is 7.12. The molecule has 1 atom stereocenters. The number of hydrogen-bond acceptors (Lipinski definition) is 5. The molecule has 0 saturated heterocycles. The van der Waals surface area contributed by atoms with Crippen LogP contribution in [0.1, 0.15) is 50.5 Å². The van der Waals surface area contributed by atoms with Crippen molar-refractivity contribution in [2.45, 2.75) is 63.5 Å². The van der Waals surface area contributed by atoms with Crippen molar-refractivity contribution in [3.8, 4) is 0 Å². The van der Waals surface area contributed by atoms with Gasteiger partial charge in [0.15, 0.2) is 0 Å². The molecular formula is C21H32N2O6. The van der Waals surface area contributed by atoms with Crippen LogP contribution >= 0.6 is 0 Å². The van der Waals surface area contributed by atoms with Gasteiger partial charge in [-0.1, -0.05) is 49.6 Å². The lowest BCUT2D eigenvalue weighted by Crippen LogP contribution is -2.38. The van der Waals surface area contributed by atoms with Crippen molar-refractivity contribution in [2.24, 2.45) is 0 Å². The van der Waals surface area contributed by atoms with Crippen molar-refractivity contribution in [1.29, 1.82) is 0 Å². The largest absolute Gasteiger partial charge is 0.481 e. The number of hydrogen-bond donors (Lipinski definition) is 5. The average Bonchev–Trinajstić information content (AvgIpc) is 2.70. The third-order valence-electron chi connectivity index (χ3n) is 4.74. The Bertz CT molecular complexity index is 617. The van der Waals surface area contributed by atoms with Crippen molar-refractivity contribution >= 4 is 17.9 Å². The van der Waals surface area contributed by atoms with Gasteiger partial charge in [0.05, 0.1) is 13.0 Å². The van der Waals surface area contributed by atoms with E-state index in [9.17, 15) is 14.4 Å². The second kappa shape index (κ2) is 14.5. The molecule has 0 unspecified atom stereocenters. The molecular weight excluding hydrogens is 376 g/mol. The summed E-state index contributed by atoms with van der Waals surface area (Å²) in [6, 6.07) is 9.35. The van der Waals surface area contributed by atoms with Gasteiger partial charge in [-0.15, -0.1) is 0 Å². The maximum Gasteiger partial charge on any atom is 0.320 e. The van der Waals surface area contributed by atoms with Gasteiger partial charge >= 0.3 is 17.9 Å². The van der Waals surface area contributed by atoms with Gasteiger partial charge in [-0.25, -0.2) is 0 Å². The molecule has 29 heavy (non-hydrogen) atoms. The molecule has 1 aromatic carbocycles. The zero-order valence-corrected chi connectivity index (χ0v) is 16.7. The van der Waals surface area contributed by atoms with E-state index >= 15 is 0 Å². The van der Waals surface area contributed by atoms with Crippen LogP contribution in [0, 0.1) is 0 Å². The lowest BCUT2D eigenvalue weighted by Gasteiger charge is -2.21. The topological polar surface area (TPSA) is 136 Å². The summed E-state index contributed by atoms with van der Waals surface area (Å²) in [6.45, 7) is 0.283. The van der Waals surface area contributed by atoms with Gasteiger partial charge in [0, 0.05) is 12.6 Å². The lowest BCUT2D eigenvalue weighted by molar-refractivity contribution is -0.141. The molecule has 0 radical (unpaired) electrons. The summed E-state index contributed by atoms with van der Waals surface area (Å²) >= 11 is 0. The Morgan fingerprint density at radius 3 is 2.17 bits per heavy atom. The Morgan fingerprint density at radius 2 is 1.62 bits per heavy atom. The third kappa shape index (κ3) is 12.6. The molecule has 2 rings (SSSR count). The Hall–Kier alpha value is -2.45. The Morgan fingerprint density at radius 1 is 0.966 bits per heavy atom. The zero-order chi connectivity index (χ0) is 21.5. The first-order chi connectivity index (χ1) is 13.9. The normalized spacial score (nSPS) is 15.0. The van der Waals surface area contributed by atoms with Crippen LogP contribution in [-0.2, 0) is 20.8 Å². The van der Waals surface area contributed by atoms with Crippen LogP contribution in [-0.4, -0.2) is 58.4 Å². The number of benzene rings is 1. The number of nitrogens with one attached hydrogen (secondary N) is 2. The van der Waals surface area contributed by atoms with Crippen LogP contribution in [0.5, 0.6) is 0 Å². The molecule has 0 heterocycles. The van der Waals surface area contributed by atoms with E-state index in [2.05, 4.69) is 10.6 Å². The Balaban J connectivity index is 0.000000326. The highest BCUT2D eigenvalue weighted by Gasteiger charge is 2.16. The first kappa shape index (κ1) is 24.6. The van der Waals surface area contributed by atoms with Gasteiger partial charge in [-0.05, 0) is 31.2 Å². The fourth-order valence-electron chi connectivity index (χ4n) is 3.16. The smallest absolute Gasteiger partial charge is 0.320 e. The highest BCUT2D eigenvalue weighted by Crippen LogP contribution is 2.16. The number of aryl methyl sites for hydroxylation is 1. The van der Waals surface area contributed by atoms with Crippen molar-refractivity contribution in [3.63, 3.8) is 0 Å². The number of carbonyl (C=O) groups is 3. The average molecular weight is 408 g/mol. The Labute approximate surface area is 171 Å². The molecule has 1 aliphatic rings. The van der Waals surface area contributed by atoms with E-state index in [1.807, 2.05) is 30.3 Å². The summed E-state index contributed by atoms with van der Waals surface area (Å²) < 4.78 is 0. The van der Waals surface area contributed by atoms with E-state index in [1.54, 1.807) is 0 Å². The fourth-order valence-corrected chi connectivity index (χ4v) is 3.16. The van der Waals surface area contributed by atoms with Crippen LogP contribution < -0.4 is 10.6 Å². The Kier molecular flexibility index (Phi) is 12.3. The van der Waals surface area contributed by atoms with E-state index in [0.717, 1.165) is 18.4 Å². The van der Waals surface area contributed by atoms with Crippen LogP contribution in [0.4, 0.5) is 0 Å². The summed E-state index contributed by atoms with van der Waals surface area (Å²) in [5, 5.41) is 31.6. The second-order valence-corrected chi connectivity index (χ2v) is 7.12. The third-order valence-corrected chi connectivity index (χ3v) is 4.74. The minimum Gasteiger partial charge on any atom is -0.481 e. The van der Waals surface area contributed by atoms with Crippen LogP contribution in [0.3, 0.4) is 0 Å². The summed E-state index contributed by atoms with van der Waals surface area (Å²) in [5.41, 5.74) is 1.07. The van der Waals surface area contributed by atoms with Crippen molar-refractivity contribution < 1.29 is 29.7 Å². The van der Waals surface area contributed by atoms with Crippen LogP contribution in [0.15, 0.2) is 30.3 Å². The number of rotatable bonds is 11. The SMILES string of the molecule is O=C(O)CCN[C@H](CCc1ccccc1)C(=O)O.O=C(O)CNC1CCCCC1. The highest BCUT2D eigenvalue weighted by molar-refractivity contribution is 5.73. The summed E-state index contributed by atoms with van der Waals surface area (Å²) in [4.78, 5) is 31.5. The summed E-state index contributed by atoms with van der Waals surface area (Å²) in [5.74, 6) is -2.64. The van der Waals surface area contributed by atoms with Crippen LogP contribution in [0.25, 0.3) is 0 Å². The summed E-state index contributed by atoms with van der Waals surface area (Å²) in [7, 11) is 0. The van der Waals surface area contributed by atoms with Crippen molar-refractivity contribution in [2.75, 3.05) is 13.1 Å². The molecule has 1 fully saturated rings. The molecule has 1 aromatic rings. The molecule has 0 bridgehead atoms. The van der Waals surface area contributed by atoms with Gasteiger partial charge in [0.2, 0.25) is 0 Å². The molecule has 0 aliphatic heterocycles. The lowest BCUT2D eigenvalue weighted by atomic mass is 9.96. The predicted molar refractivity (Wildman–Crippen MR) is 109 cm³/mol. The monoisotopic (exact) mass is 408 g/mol. The molecule has 1 saturated carbocycles. The van der Waals surface area contributed by atoms with Gasteiger partial charge in [0.25, 0.3) is 0 Å². The van der Waals surface area contributed by atoms with Crippen LogP contribution in [0.2, 0.25) is 0 Å². The zero-order valence-electron chi connectivity index (χ0n) is 16.7. The molecule has 0 spiro atoms. The maximum absolute atomic E-state index is 11.0. The second-order valence-electron chi connectivity index (χ2n) is 7.12. The maximum atomic E-state index is 11.0. The van der Waals surface area contributed by atoms with Gasteiger partial charge in [-0.3, -0.25) is 14.4 Å². The van der Waals surface area contributed by atoms with E-state index in [1.165, 1.54) is 19.3 Å². The predicted octanol–water partition coefficient (Wildman–Crippen LogP) is 2.13. The molecule has 162 valence electrons. The highest BCUT2D eigenvalue weighted by atomic mass is 16.4. The number of carboxylic acid groups (broad SMARTS) is 3. The van der Waals surface area contributed by atoms with Gasteiger partial charge in [-0.2, -0.15) is 0 Å².